The Morgan fingerprint density at radius 1 is 0.525 bits per heavy atom. The first-order valence-corrected chi connectivity index (χ1v) is 19.8. The summed E-state index contributed by atoms with van der Waals surface area (Å²) in [6, 6.07) is 53.6. The number of aromatic amines is 1. The Morgan fingerprint density at radius 3 is 1.57 bits per heavy atom. The molecule has 0 spiro atoms. The number of amides is 2. The van der Waals surface area contributed by atoms with E-state index in [-0.39, 0.29) is 11.8 Å². The molecule has 3 N–H and O–H groups in total. The summed E-state index contributed by atoms with van der Waals surface area (Å²) in [6.45, 7) is 0. The molecule has 3 aromatic heterocycles. The van der Waals surface area contributed by atoms with Gasteiger partial charge in [0.2, 0.25) is 0 Å². The van der Waals surface area contributed by atoms with Gasteiger partial charge < -0.3 is 24.8 Å². The molecule has 11 nitrogen and oxygen atoms in total. The standard InChI is InChI=1S/C50H37N9O2/c1-58-37-29-17-15-27-35(37)51-47(58)41-39(31-19-7-3-8-20-31)43(54-45(41)56-49(60)33-23-11-5-12-24-33)53-44-40(32-21-9-4-10-22-32)42(48-52-36-28-16-18-30-38(36)59(48)2)46(55-44)57-50(61)34-25-13-6-14-26-34/h3-30,54H,1-2H3,(H,56,60)(H,53,55,57,61). The van der Waals surface area contributed by atoms with Crippen LogP contribution in [0.2, 0.25) is 0 Å². The molecule has 2 amide bonds. The van der Waals surface area contributed by atoms with Crippen LogP contribution in [0, 0.1) is 0 Å². The highest BCUT2D eigenvalue weighted by molar-refractivity contribution is 6.51. The summed E-state index contributed by atoms with van der Waals surface area (Å²) in [5.74, 6) is 2.04. The molecule has 1 aliphatic rings. The van der Waals surface area contributed by atoms with Gasteiger partial charge in [0.15, 0.2) is 5.84 Å². The lowest BCUT2D eigenvalue weighted by atomic mass is 9.99. The Hall–Kier alpha value is -8.44. The van der Waals surface area contributed by atoms with E-state index in [9.17, 15) is 9.59 Å². The molecule has 294 valence electrons. The Bertz CT molecular complexity index is 3230. The second kappa shape index (κ2) is 15.4. The maximum Gasteiger partial charge on any atom is 0.256 e. The summed E-state index contributed by atoms with van der Waals surface area (Å²) in [4.78, 5) is 52.3. The van der Waals surface area contributed by atoms with Gasteiger partial charge in [-0.25, -0.2) is 20.0 Å². The van der Waals surface area contributed by atoms with Gasteiger partial charge in [-0.2, -0.15) is 0 Å². The molecule has 0 saturated carbocycles. The second-order valence-electron chi connectivity index (χ2n) is 14.6. The van der Waals surface area contributed by atoms with Gasteiger partial charge in [0.1, 0.15) is 29.1 Å². The van der Waals surface area contributed by atoms with Gasteiger partial charge in [0.05, 0.1) is 33.2 Å². The number of carbonyl (C=O) groups excluding carboxylic acids is 2. The summed E-state index contributed by atoms with van der Waals surface area (Å²) >= 11 is 0. The van der Waals surface area contributed by atoms with Crippen LogP contribution in [0.3, 0.4) is 0 Å². The highest BCUT2D eigenvalue weighted by Gasteiger charge is 2.34. The number of nitrogens with zero attached hydrogens (tertiary/aromatic N) is 6. The zero-order valence-electron chi connectivity index (χ0n) is 33.2. The SMILES string of the molecule is Cn1c(C2=C(c3ccccc3)C(=Nc3[nH]c(NC(=O)c4ccccc4)c(-c4nc5ccccc5n4C)c3-c3ccccc3)N=C2NC(=O)c2ccccc2)nc2ccccc21. The summed E-state index contributed by atoms with van der Waals surface area (Å²) in [5.41, 5.74) is 8.66. The van der Waals surface area contributed by atoms with E-state index in [1.165, 1.54) is 0 Å². The van der Waals surface area contributed by atoms with Crippen molar-refractivity contribution in [3.63, 3.8) is 0 Å². The van der Waals surface area contributed by atoms with Gasteiger partial charge in [0, 0.05) is 36.4 Å². The number of H-pyrrole nitrogens is 1. The van der Waals surface area contributed by atoms with Crippen LogP contribution in [0.15, 0.2) is 180 Å². The van der Waals surface area contributed by atoms with Gasteiger partial charge >= 0.3 is 0 Å². The topological polar surface area (TPSA) is 134 Å². The van der Waals surface area contributed by atoms with Gasteiger partial charge in [-0.05, 0) is 59.7 Å². The molecule has 6 aromatic carbocycles. The van der Waals surface area contributed by atoms with Crippen LogP contribution in [0.5, 0.6) is 0 Å². The summed E-state index contributed by atoms with van der Waals surface area (Å²) in [6.07, 6.45) is 0. The fourth-order valence-corrected chi connectivity index (χ4v) is 7.88. The lowest BCUT2D eigenvalue weighted by Crippen LogP contribution is -2.31. The molecule has 0 aliphatic carbocycles. The molecule has 0 unspecified atom stereocenters. The second-order valence-corrected chi connectivity index (χ2v) is 14.6. The average Bonchev–Trinajstić information content (AvgIpc) is 4.04. The van der Waals surface area contributed by atoms with Crippen molar-refractivity contribution >= 4 is 68.3 Å². The number of aliphatic imine (C=N–C) groups is 2. The summed E-state index contributed by atoms with van der Waals surface area (Å²) in [7, 11) is 3.92. The van der Waals surface area contributed by atoms with E-state index in [0.29, 0.717) is 68.4 Å². The number of hydrogen-bond acceptors (Lipinski definition) is 5. The summed E-state index contributed by atoms with van der Waals surface area (Å²) in [5, 5.41) is 6.29. The molecular weight excluding hydrogens is 759 g/mol. The van der Waals surface area contributed by atoms with Crippen molar-refractivity contribution in [1.29, 1.82) is 0 Å². The first-order valence-electron chi connectivity index (χ1n) is 19.8. The largest absolute Gasteiger partial charge is 0.327 e. The minimum Gasteiger partial charge on any atom is -0.327 e. The van der Waals surface area contributed by atoms with Gasteiger partial charge in [-0.3, -0.25) is 9.59 Å². The van der Waals surface area contributed by atoms with Crippen LogP contribution in [-0.4, -0.2) is 47.6 Å². The molecule has 10 rings (SSSR count). The minimum absolute atomic E-state index is 0.297. The van der Waals surface area contributed by atoms with Crippen molar-refractivity contribution in [2.45, 2.75) is 0 Å². The average molecular weight is 796 g/mol. The third-order valence-corrected chi connectivity index (χ3v) is 10.8. The molecule has 0 atom stereocenters. The zero-order chi connectivity index (χ0) is 41.5. The minimum atomic E-state index is -0.329. The van der Waals surface area contributed by atoms with Crippen molar-refractivity contribution in [2.24, 2.45) is 24.1 Å². The quantitative estimate of drug-likeness (QED) is 0.141. The van der Waals surface area contributed by atoms with Gasteiger partial charge in [0.25, 0.3) is 11.8 Å². The normalized spacial score (nSPS) is 13.3. The van der Waals surface area contributed by atoms with E-state index >= 15 is 0 Å². The Kier molecular flexibility index (Phi) is 9.30. The van der Waals surface area contributed by atoms with E-state index < -0.39 is 0 Å². The van der Waals surface area contributed by atoms with E-state index in [0.717, 1.165) is 33.2 Å². The summed E-state index contributed by atoms with van der Waals surface area (Å²) < 4.78 is 4.02. The number of anilines is 1. The van der Waals surface area contributed by atoms with E-state index in [1.807, 2.05) is 169 Å². The van der Waals surface area contributed by atoms with Crippen LogP contribution < -0.4 is 10.6 Å². The van der Waals surface area contributed by atoms with Crippen molar-refractivity contribution < 1.29 is 9.59 Å². The number of aryl methyl sites for hydroxylation is 2. The smallest absolute Gasteiger partial charge is 0.256 e. The van der Waals surface area contributed by atoms with Crippen LogP contribution in [0.4, 0.5) is 11.6 Å². The number of carbonyl (C=O) groups is 2. The number of para-hydroxylation sites is 4. The molecule has 9 aromatic rings. The lowest BCUT2D eigenvalue weighted by molar-refractivity contribution is 0.0976. The predicted octanol–water partition coefficient (Wildman–Crippen LogP) is 9.86. The van der Waals surface area contributed by atoms with Crippen molar-refractivity contribution in [1.82, 2.24) is 29.4 Å². The van der Waals surface area contributed by atoms with Gasteiger partial charge in [-0.1, -0.05) is 121 Å². The zero-order valence-corrected chi connectivity index (χ0v) is 33.2. The molecular formula is C50H37N9O2. The molecule has 0 saturated heterocycles. The van der Waals surface area contributed by atoms with Crippen LogP contribution in [0.1, 0.15) is 32.1 Å². The van der Waals surface area contributed by atoms with Crippen LogP contribution in [-0.2, 0) is 14.1 Å². The first kappa shape index (κ1) is 36.9. The third-order valence-electron chi connectivity index (χ3n) is 10.8. The number of fused-ring (bicyclic) bond motifs is 2. The molecule has 4 heterocycles. The fourth-order valence-electron chi connectivity index (χ4n) is 7.88. The molecule has 11 heteroatoms. The number of nitrogens with one attached hydrogen (secondary N) is 3. The lowest BCUT2D eigenvalue weighted by Gasteiger charge is -2.12. The maximum atomic E-state index is 14.0. The number of benzene rings is 6. The van der Waals surface area contributed by atoms with E-state index in [4.69, 9.17) is 20.0 Å². The number of amidine groups is 2. The van der Waals surface area contributed by atoms with Crippen molar-refractivity contribution in [3.8, 4) is 22.5 Å². The van der Waals surface area contributed by atoms with Crippen LogP contribution in [0.25, 0.3) is 55.7 Å². The highest BCUT2D eigenvalue weighted by atomic mass is 16.2. The molecule has 1 aliphatic heterocycles. The Labute approximate surface area is 350 Å². The number of aromatic nitrogens is 5. The van der Waals surface area contributed by atoms with Crippen molar-refractivity contribution in [2.75, 3.05) is 5.32 Å². The number of hydrogen-bond donors (Lipinski definition) is 3. The molecule has 0 fully saturated rings. The predicted molar refractivity (Wildman–Crippen MR) is 243 cm³/mol. The maximum absolute atomic E-state index is 14.0. The highest BCUT2D eigenvalue weighted by Crippen LogP contribution is 2.46. The number of rotatable bonds is 8. The van der Waals surface area contributed by atoms with Crippen LogP contribution >= 0.6 is 0 Å². The third kappa shape index (κ3) is 6.69. The monoisotopic (exact) mass is 795 g/mol. The van der Waals surface area contributed by atoms with E-state index in [1.54, 1.807) is 24.3 Å². The fraction of sp³-hybridized carbons (Fsp3) is 0.0400. The molecule has 0 bridgehead atoms. The molecule has 61 heavy (non-hydrogen) atoms. The number of imidazole rings is 2. The Balaban J connectivity index is 1.26. The first-order chi connectivity index (χ1) is 29.9. The van der Waals surface area contributed by atoms with E-state index in [2.05, 4.69) is 15.6 Å². The van der Waals surface area contributed by atoms with Gasteiger partial charge in [-0.15, -0.1) is 0 Å². The van der Waals surface area contributed by atoms with Crippen molar-refractivity contribution in [3.05, 3.63) is 192 Å². The molecule has 0 radical (unpaired) electrons. The Morgan fingerprint density at radius 2 is 1.00 bits per heavy atom.